The van der Waals surface area contributed by atoms with E-state index in [2.05, 4.69) is 5.32 Å². The average molecular weight is 244 g/mol. The van der Waals surface area contributed by atoms with Crippen LogP contribution in [0.25, 0.3) is 0 Å². The van der Waals surface area contributed by atoms with Crippen LogP contribution >= 0.6 is 0 Å². The van der Waals surface area contributed by atoms with Crippen molar-refractivity contribution in [3.8, 4) is 0 Å². The van der Waals surface area contributed by atoms with Gasteiger partial charge in [0.15, 0.2) is 0 Å². The summed E-state index contributed by atoms with van der Waals surface area (Å²) in [5.74, 6) is -1.83. The van der Waals surface area contributed by atoms with Crippen molar-refractivity contribution >= 4 is 17.8 Å². The van der Waals surface area contributed by atoms with Gasteiger partial charge < -0.3 is 16.2 Å². The van der Waals surface area contributed by atoms with Crippen LogP contribution in [-0.4, -0.2) is 28.9 Å². The number of primary amides is 1. The molecule has 0 heterocycles. The van der Waals surface area contributed by atoms with Crippen molar-refractivity contribution in [2.24, 2.45) is 11.7 Å². The fourth-order valence-electron chi connectivity index (χ4n) is 1.26. The fourth-order valence-corrected chi connectivity index (χ4v) is 1.26. The number of aliphatic carboxylic acids is 1. The summed E-state index contributed by atoms with van der Waals surface area (Å²) < 4.78 is 0. The first-order valence-electron chi connectivity index (χ1n) is 5.67. The number of hydrogen-bond acceptors (Lipinski definition) is 3. The number of nitrogens with two attached hydrogens (primary N) is 1. The van der Waals surface area contributed by atoms with Crippen LogP contribution in [0, 0.1) is 5.92 Å². The summed E-state index contributed by atoms with van der Waals surface area (Å²) in [6.07, 6.45) is 1.11. The van der Waals surface area contributed by atoms with E-state index >= 15 is 0 Å². The first-order chi connectivity index (χ1) is 7.86. The van der Waals surface area contributed by atoms with Crippen LogP contribution in [-0.2, 0) is 14.4 Å². The van der Waals surface area contributed by atoms with E-state index in [1.165, 1.54) is 0 Å². The Morgan fingerprint density at radius 1 is 1.35 bits per heavy atom. The van der Waals surface area contributed by atoms with Gasteiger partial charge in [-0.05, 0) is 12.3 Å². The smallest absolute Gasteiger partial charge is 0.326 e. The van der Waals surface area contributed by atoms with E-state index in [4.69, 9.17) is 10.8 Å². The van der Waals surface area contributed by atoms with Crippen molar-refractivity contribution in [2.75, 3.05) is 0 Å². The minimum atomic E-state index is -1.15. The van der Waals surface area contributed by atoms with Crippen LogP contribution in [0.5, 0.6) is 0 Å². The molecule has 1 unspecified atom stereocenters. The van der Waals surface area contributed by atoms with Crippen molar-refractivity contribution in [1.29, 1.82) is 0 Å². The number of carbonyl (C=O) groups excluding carboxylic acids is 2. The molecule has 6 heteroatoms. The van der Waals surface area contributed by atoms with Gasteiger partial charge in [-0.25, -0.2) is 4.79 Å². The molecule has 0 bridgehead atoms. The van der Waals surface area contributed by atoms with Gasteiger partial charge in [-0.2, -0.15) is 0 Å². The minimum Gasteiger partial charge on any atom is -0.480 e. The third-order valence-electron chi connectivity index (χ3n) is 2.54. The van der Waals surface area contributed by atoms with Gasteiger partial charge in [0, 0.05) is 12.8 Å². The lowest BCUT2D eigenvalue weighted by Gasteiger charge is -2.15. The first-order valence-corrected chi connectivity index (χ1v) is 5.67. The van der Waals surface area contributed by atoms with Crippen LogP contribution < -0.4 is 11.1 Å². The van der Waals surface area contributed by atoms with Crippen molar-refractivity contribution < 1.29 is 19.5 Å². The van der Waals surface area contributed by atoms with E-state index in [1.807, 2.05) is 13.8 Å². The molecule has 0 aromatic rings. The van der Waals surface area contributed by atoms with Crippen molar-refractivity contribution in [1.82, 2.24) is 5.32 Å². The van der Waals surface area contributed by atoms with E-state index in [0.29, 0.717) is 0 Å². The highest BCUT2D eigenvalue weighted by Gasteiger charge is 2.20. The average Bonchev–Trinajstić information content (AvgIpc) is 2.23. The molecule has 0 aliphatic carbocycles. The number of rotatable bonds is 8. The summed E-state index contributed by atoms with van der Waals surface area (Å²) in [7, 11) is 0. The molecule has 0 spiro atoms. The monoisotopic (exact) mass is 244 g/mol. The molecule has 0 fully saturated rings. The molecule has 0 saturated heterocycles. The molecule has 0 saturated carbocycles. The summed E-state index contributed by atoms with van der Waals surface area (Å²) in [4.78, 5) is 32.9. The quantitative estimate of drug-likeness (QED) is 0.568. The predicted octanol–water partition coefficient (Wildman–Crippen LogP) is 0.258. The Morgan fingerprint density at radius 3 is 2.35 bits per heavy atom. The van der Waals surface area contributed by atoms with E-state index < -0.39 is 17.9 Å². The lowest BCUT2D eigenvalue weighted by Crippen LogP contribution is -2.41. The lowest BCUT2D eigenvalue weighted by atomic mass is 10.0. The molecule has 2 amide bonds. The van der Waals surface area contributed by atoms with Crippen LogP contribution in [0.3, 0.4) is 0 Å². The molecule has 2 atom stereocenters. The Bertz CT molecular complexity index is 291. The van der Waals surface area contributed by atoms with Crippen molar-refractivity contribution in [2.45, 2.75) is 45.6 Å². The molecular weight excluding hydrogens is 224 g/mol. The zero-order valence-electron chi connectivity index (χ0n) is 10.2. The van der Waals surface area contributed by atoms with Gasteiger partial charge >= 0.3 is 5.97 Å². The van der Waals surface area contributed by atoms with E-state index in [9.17, 15) is 14.4 Å². The normalized spacial score (nSPS) is 13.8. The highest BCUT2D eigenvalue weighted by Crippen LogP contribution is 2.07. The van der Waals surface area contributed by atoms with Gasteiger partial charge in [0.1, 0.15) is 6.04 Å². The zero-order valence-corrected chi connectivity index (χ0v) is 10.2. The van der Waals surface area contributed by atoms with Crippen molar-refractivity contribution in [3.05, 3.63) is 0 Å². The maximum absolute atomic E-state index is 11.5. The molecule has 0 radical (unpaired) electrons. The fraction of sp³-hybridized carbons (Fsp3) is 0.727. The Balaban J connectivity index is 4.20. The van der Waals surface area contributed by atoms with Crippen LogP contribution in [0.15, 0.2) is 0 Å². The minimum absolute atomic E-state index is 0.0247. The molecule has 0 aromatic heterocycles. The molecule has 0 aliphatic heterocycles. The van der Waals surface area contributed by atoms with E-state index in [0.717, 1.165) is 6.42 Å². The molecular formula is C11H20N2O4. The van der Waals surface area contributed by atoms with Crippen LogP contribution in [0.2, 0.25) is 0 Å². The second kappa shape index (κ2) is 7.65. The van der Waals surface area contributed by atoms with E-state index in [-0.39, 0.29) is 31.1 Å². The largest absolute Gasteiger partial charge is 0.480 e. The third kappa shape index (κ3) is 7.32. The highest BCUT2D eigenvalue weighted by molar-refractivity contribution is 5.84. The number of amides is 2. The number of carboxylic acids is 1. The van der Waals surface area contributed by atoms with Gasteiger partial charge in [0.05, 0.1) is 0 Å². The molecule has 17 heavy (non-hydrogen) atoms. The molecule has 0 aromatic carbocycles. The molecule has 4 N–H and O–H groups in total. The number of carboxylic acid groups (broad SMARTS) is 1. The Morgan fingerprint density at radius 2 is 1.94 bits per heavy atom. The summed E-state index contributed by atoms with van der Waals surface area (Å²) in [5.41, 5.74) is 4.93. The number of carbonyl (C=O) groups is 3. The Kier molecular flexibility index (Phi) is 6.93. The Hall–Kier alpha value is -1.59. The van der Waals surface area contributed by atoms with Gasteiger partial charge in [0.2, 0.25) is 11.8 Å². The summed E-state index contributed by atoms with van der Waals surface area (Å²) in [5, 5.41) is 11.3. The lowest BCUT2D eigenvalue weighted by molar-refractivity contribution is -0.142. The maximum atomic E-state index is 11.5. The van der Waals surface area contributed by atoms with Gasteiger partial charge in [-0.1, -0.05) is 20.3 Å². The van der Waals surface area contributed by atoms with Gasteiger partial charge in [-0.15, -0.1) is 0 Å². The van der Waals surface area contributed by atoms with E-state index in [1.54, 1.807) is 0 Å². The number of hydrogen-bond donors (Lipinski definition) is 3. The second-order valence-electron chi connectivity index (χ2n) is 4.18. The number of nitrogens with one attached hydrogen (secondary N) is 1. The molecule has 98 valence electrons. The maximum Gasteiger partial charge on any atom is 0.326 e. The predicted molar refractivity (Wildman–Crippen MR) is 62.1 cm³/mol. The highest BCUT2D eigenvalue weighted by atomic mass is 16.4. The van der Waals surface area contributed by atoms with Gasteiger partial charge in [0.25, 0.3) is 0 Å². The molecule has 0 rings (SSSR count). The van der Waals surface area contributed by atoms with Crippen molar-refractivity contribution in [3.63, 3.8) is 0 Å². The standard InChI is InChI=1S/C11H20N2O4/c1-3-7(2)6-10(15)13-8(11(16)17)4-5-9(12)14/h7-8H,3-6H2,1-2H3,(H2,12,14)(H,13,15)(H,16,17)/t7?,8-/m0/s1. The third-order valence-corrected chi connectivity index (χ3v) is 2.54. The zero-order chi connectivity index (χ0) is 13.4. The summed E-state index contributed by atoms with van der Waals surface area (Å²) in [6, 6.07) is -1.04. The topological polar surface area (TPSA) is 109 Å². The van der Waals surface area contributed by atoms with Crippen LogP contribution in [0.1, 0.15) is 39.5 Å². The SMILES string of the molecule is CCC(C)CC(=O)N[C@@H](CCC(N)=O)C(=O)O. The molecule has 0 aliphatic rings. The summed E-state index contributed by atoms with van der Waals surface area (Å²) >= 11 is 0. The second-order valence-corrected chi connectivity index (χ2v) is 4.18. The Labute approximate surface area is 101 Å². The summed E-state index contributed by atoms with van der Waals surface area (Å²) in [6.45, 7) is 3.87. The molecule has 6 nitrogen and oxygen atoms in total. The first kappa shape index (κ1) is 15.4. The van der Waals surface area contributed by atoms with Gasteiger partial charge in [-0.3, -0.25) is 9.59 Å². The van der Waals surface area contributed by atoms with Crippen LogP contribution in [0.4, 0.5) is 0 Å².